The molecule has 0 spiro atoms. The Morgan fingerprint density at radius 2 is 2.19 bits per heavy atom. The van der Waals surface area contributed by atoms with Gasteiger partial charge in [0, 0.05) is 11.1 Å². The van der Waals surface area contributed by atoms with Gasteiger partial charge in [-0.3, -0.25) is 5.10 Å². The number of anilines is 1. The van der Waals surface area contributed by atoms with Gasteiger partial charge in [-0.25, -0.2) is 0 Å². The van der Waals surface area contributed by atoms with Crippen molar-refractivity contribution in [3.8, 4) is 17.0 Å². The summed E-state index contributed by atoms with van der Waals surface area (Å²) in [6.45, 7) is 1.91. The Kier molecular flexibility index (Phi) is 2.75. The molecule has 0 saturated heterocycles. The third-order valence-electron chi connectivity index (χ3n) is 2.49. The molecule has 0 aliphatic carbocycles. The van der Waals surface area contributed by atoms with E-state index in [0.717, 1.165) is 16.8 Å². The van der Waals surface area contributed by atoms with Gasteiger partial charge in [0.25, 0.3) is 0 Å². The van der Waals surface area contributed by atoms with E-state index in [1.165, 1.54) is 0 Å². The Balaban J connectivity index is 2.49. The molecule has 1 aromatic carbocycles. The summed E-state index contributed by atoms with van der Waals surface area (Å²) in [7, 11) is 1.58. The first-order chi connectivity index (χ1) is 7.63. The van der Waals surface area contributed by atoms with E-state index >= 15 is 0 Å². The SMILES string of the molecule is COc1ccc(-c2[nH]nc(N)c2C)cc1Cl. The number of halogens is 1. The number of nitrogens with two attached hydrogens (primary N) is 1. The molecule has 3 N–H and O–H groups in total. The van der Waals surface area contributed by atoms with E-state index in [9.17, 15) is 0 Å². The largest absolute Gasteiger partial charge is 0.495 e. The minimum absolute atomic E-state index is 0.502. The van der Waals surface area contributed by atoms with Crippen LogP contribution in [0.25, 0.3) is 11.3 Å². The van der Waals surface area contributed by atoms with Gasteiger partial charge in [-0.05, 0) is 25.1 Å². The third-order valence-corrected chi connectivity index (χ3v) is 2.78. The summed E-state index contributed by atoms with van der Waals surface area (Å²) in [5, 5.41) is 7.39. The van der Waals surface area contributed by atoms with Crippen molar-refractivity contribution in [3.63, 3.8) is 0 Å². The average molecular weight is 238 g/mol. The third kappa shape index (κ3) is 1.72. The molecule has 0 aliphatic heterocycles. The predicted octanol–water partition coefficient (Wildman–Crippen LogP) is 2.63. The molecule has 0 saturated carbocycles. The predicted molar refractivity (Wildman–Crippen MR) is 64.7 cm³/mol. The van der Waals surface area contributed by atoms with Crippen molar-refractivity contribution in [1.29, 1.82) is 0 Å². The number of H-pyrrole nitrogens is 1. The molecule has 4 nitrogen and oxygen atoms in total. The Labute approximate surface area is 98.4 Å². The Morgan fingerprint density at radius 3 is 2.69 bits per heavy atom. The first-order valence-corrected chi connectivity index (χ1v) is 5.15. The first kappa shape index (κ1) is 10.8. The van der Waals surface area contributed by atoms with E-state index < -0.39 is 0 Å². The molecule has 2 aromatic rings. The van der Waals surface area contributed by atoms with Crippen LogP contribution in [-0.4, -0.2) is 17.3 Å². The lowest BCUT2D eigenvalue weighted by atomic mass is 10.1. The molecular formula is C11H12ClN3O. The highest BCUT2D eigenvalue weighted by molar-refractivity contribution is 6.32. The highest BCUT2D eigenvalue weighted by atomic mass is 35.5. The lowest BCUT2D eigenvalue weighted by Gasteiger charge is -2.05. The zero-order valence-electron chi connectivity index (χ0n) is 9.04. The van der Waals surface area contributed by atoms with Gasteiger partial charge in [0.1, 0.15) is 11.6 Å². The fourth-order valence-corrected chi connectivity index (χ4v) is 1.77. The molecule has 16 heavy (non-hydrogen) atoms. The van der Waals surface area contributed by atoms with Gasteiger partial charge in [-0.2, -0.15) is 5.10 Å². The zero-order chi connectivity index (χ0) is 11.7. The van der Waals surface area contributed by atoms with Gasteiger partial charge in [0.2, 0.25) is 0 Å². The number of nitrogen functional groups attached to an aromatic ring is 1. The first-order valence-electron chi connectivity index (χ1n) is 4.78. The summed E-state index contributed by atoms with van der Waals surface area (Å²) in [6.07, 6.45) is 0. The van der Waals surface area contributed by atoms with Crippen LogP contribution in [0, 0.1) is 6.92 Å². The molecule has 1 heterocycles. The normalized spacial score (nSPS) is 10.4. The Bertz CT molecular complexity index is 522. The Hall–Kier alpha value is -1.68. The maximum Gasteiger partial charge on any atom is 0.148 e. The second-order valence-corrected chi connectivity index (χ2v) is 3.87. The lowest BCUT2D eigenvalue weighted by molar-refractivity contribution is 0.415. The number of nitrogens with zero attached hydrogens (tertiary/aromatic N) is 1. The van der Waals surface area contributed by atoms with Crippen molar-refractivity contribution in [2.75, 3.05) is 12.8 Å². The molecule has 0 bridgehead atoms. The van der Waals surface area contributed by atoms with Crippen LogP contribution in [0.15, 0.2) is 18.2 Å². The van der Waals surface area contributed by atoms with Gasteiger partial charge in [-0.1, -0.05) is 11.6 Å². The summed E-state index contributed by atoms with van der Waals surface area (Å²) in [4.78, 5) is 0. The van der Waals surface area contributed by atoms with E-state index in [4.69, 9.17) is 22.1 Å². The van der Waals surface area contributed by atoms with Crippen molar-refractivity contribution in [3.05, 3.63) is 28.8 Å². The van der Waals surface area contributed by atoms with Crippen LogP contribution in [0.5, 0.6) is 5.75 Å². The lowest BCUT2D eigenvalue weighted by Crippen LogP contribution is -1.87. The molecule has 0 fully saturated rings. The van der Waals surface area contributed by atoms with Crippen molar-refractivity contribution in [2.24, 2.45) is 0 Å². The number of hydrogen-bond donors (Lipinski definition) is 2. The van der Waals surface area contributed by atoms with E-state index in [-0.39, 0.29) is 0 Å². The van der Waals surface area contributed by atoms with Crippen LogP contribution in [0.1, 0.15) is 5.56 Å². The topological polar surface area (TPSA) is 63.9 Å². The molecule has 84 valence electrons. The van der Waals surface area contributed by atoms with Gasteiger partial charge in [0.15, 0.2) is 0 Å². The fourth-order valence-electron chi connectivity index (χ4n) is 1.51. The van der Waals surface area contributed by atoms with E-state index in [1.807, 2.05) is 25.1 Å². The van der Waals surface area contributed by atoms with Crippen LogP contribution in [0.4, 0.5) is 5.82 Å². The molecule has 0 radical (unpaired) electrons. The number of nitrogens with one attached hydrogen (secondary N) is 1. The van der Waals surface area contributed by atoms with Crippen LogP contribution >= 0.6 is 11.6 Å². The standard InChI is InChI=1S/C11H12ClN3O/c1-6-10(14-15-11(6)13)7-3-4-9(16-2)8(12)5-7/h3-5H,1-2H3,(H3,13,14,15). The minimum atomic E-state index is 0.502. The maximum absolute atomic E-state index is 6.05. The maximum atomic E-state index is 6.05. The van der Waals surface area contributed by atoms with E-state index in [2.05, 4.69) is 10.2 Å². The monoisotopic (exact) mass is 237 g/mol. The van der Waals surface area contributed by atoms with Crippen LogP contribution < -0.4 is 10.5 Å². The van der Waals surface area contributed by atoms with Gasteiger partial charge in [0.05, 0.1) is 17.8 Å². The minimum Gasteiger partial charge on any atom is -0.495 e. The van der Waals surface area contributed by atoms with Gasteiger partial charge in [-0.15, -0.1) is 0 Å². The van der Waals surface area contributed by atoms with E-state index in [1.54, 1.807) is 7.11 Å². The highest BCUT2D eigenvalue weighted by Gasteiger charge is 2.10. The van der Waals surface area contributed by atoms with Crippen molar-refractivity contribution in [1.82, 2.24) is 10.2 Å². The number of aromatic nitrogens is 2. The number of benzene rings is 1. The summed E-state index contributed by atoms with van der Waals surface area (Å²) < 4.78 is 5.09. The number of methoxy groups -OCH3 is 1. The summed E-state index contributed by atoms with van der Waals surface area (Å²) in [6, 6.07) is 5.54. The second-order valence-electron chi connectivity index (χ2n) is 3.46. The van der Waals surface area contributed by atoms with E-state index in [0.29, 0.717) is 16.6 Å². The summed E-state index contributed by atoms with van der Waals surface area (Å²) in [5.41, 5.74) is 8.40. The van der Waals surface area contributed by atoms with Gasteiger partial charge < -0.3 is 10.5 Å². The van der Waals surface area contributed by atoms with Crippen LogP contribution in [0.2, 0.25) is 5.02 Å². The van der Waals surface area contributed by atoms with Crippen molar-refractivity contribution < 1.29 is 4.74 Å². The van der Waals surface area contributed by atoms with Crippen LogP contribution in [-0.2, 0) is 0 Å². The summed E-state index contributed by atoms with van der Waals surface area (Å²) in [5.74, 6) is 1.15. The molecule has 0 aliphatic rings. The summed E-state index contributed by atoms with van der Waals surface area (Å²) >= 11 is 6.05. The number of rotatable bonds is 2. The van der Waals surface area contributed by atoms with Gasteiger partial charge >= 0.3 is 0 Å². The molecule has 0 atom stereocenters. The molecule has 5 heteroatoms. The molecule has 1 aromatic heterocycles. The fraction of sp³-hybridized carbons (Fsp3) is 0.182. The molecule has 0 unspecified atom stereocenters. The van der Waals surface area contributed by atoms with Crippen LogP contribution in [0.3, 0.4) is 0 Å². The molecule has 2 rings (SSSR count). The quantitative estimate of drug-likeness (QED) is 0.844. The number of hydrogen-bond acceptors (Lipinski definition) is 3. The van der Waals surface area contributed by atoms with Crippen molar-refractivity contribution >= 4 is 17.4 Å². The molecular weight excluding hydrogens is 226 g/mol. The Morgan fingerprint density at radius 1 is 1.44 bits per heavy atom. The second kappa shape index (κ2) is 4.06. The average Bonchev–Trinajstić information content (AvgIpc) is 2.60. The smallest absolute Gasteiger partial charge is 0.148 e. The number of ether oxygens (including phenoxy) is 1. The highest BCUT2D eigenvalue weighted by Crippen LogP contribution is 2.31. The molecule has 0 amide bonds. The number of aromatic amines is 1. The van der Waals surface area contributed by atoms with Crippen molar-refractivity contribution in [2.45, 2.75) is 6.92 Å². The zero-order valence-corrected chi connectivity index (χ0v) is 9.80.